The van der Waals surface area contributed by atoms with Crippen LogP contribution in [0.5, 0.6) is 5.75 Å². The molecule has 3 nitrogen and oxygen atoms in total. The molecule has 2 rings (SSSR count). The maximum atomic E-state index is 5.93. The molecule has 2 N–H and O–H groups in total. The largest absolute Gasteiger partial charge is 0.491 e. The average molecular weight is 295 g/mol. The van der Waals surface area contributed by atoms with Gasteiger partial charge >= 0.3 is 0 Å². The Labute approximate surface area is 109 Å². The molecule has 0 spiro atoms. The van der Waals surface area contributed by atoms with Gasteiger partial charge in [-0.3, -0.25) is 4.98 Å². The molecule has 1 heterocycles. The van der Waals surface area contributed by atoms with Gasteiger partial charge < -0.3 is 10.5 Å². The van der Waals surface area contributed by atoms with Crippen LogP contribution in [0.4, 0.5) is 5.69 Å². The number of fused-ring (bicyclic) bond motifs is 1. The molecule has 2 aromatic rings. The molecule has 1 aromatic heterocycles. The molecule has 4 heteroatoms. The minimum atomic E-state index is 0.484. The van der Waals surface area contributed by atoms with Crippen LogP contribution in [0.1, 0.15) is 13.8 Å². The number of hydrogen-bond donors (Lipinski definition) is 1. The van der Waals surface area contributed by atoms with E-state index in [0.29, 0.717) is 18.2 Å². The summed E-state index contributed by atoms with van der Waals surface area (Å²) in [5.74, 6) is 1.27. The summed E-state index contributed by atoms with van der Waals surface area (Å²) in [6.45, 7) is 4.91. The van der Waals surface area contributed by atoms with Gasteiger partial charge in [-0.2, -0.15) is 0 Å². The molecule has 0 saturated carbocycles. The third-order valence-corrected chi connectivity index (χ3v) is 2.82. The van der Waals surface area contributed by atoms with E-state index in [-0.39, 0.29) is 0 Å². The molecule has 0 aliphatic rings. The van der Waals surface area contributed by atoms with E-state index in [2.05, 4.69) is 34.8 Å². The lowest BCUT2D eigenvalue weighted by Crippen LogP contribution is -2.05. The number of nitrogens with two attached hydrogens (primary N) is 1. The second kappa shape index (κ2) is 4.92. The number of anilines is 1. The van der Waals surface area contributed by atoms with Crippen LogP contribution < -0.4 is 10.5 Å². The maximum absolute atomic E-state index is 5.93. The number of pyridine rings is 1. The summed E-state index contributed by atoms with van der Waals surface area (Å²) in [4.78, 5) is 4.37. The molecular weight excluding hydrogens is 280 g/mol. The van der Waals surface area contributed by atoms with E-state index >= 15 is 0 Å². The number of aromatic nitrogens is 1. The lowest BCUT2D eigenvalue weighted by atomic mass is 10.1. The number of rotatable bonds is 3. The smallest absolute Gasteiger partial charge is 0.145 e. The van der Waals surface area contributed by atoms with Crippen molar-refractivity contribution in [3.05, 3.63) is 28.9 Å². The predicted octanol–water partition coefficient (Wildman–Crippen LogP) is 3.61. The second-order valence-corrected chi connectivity index (χ2v) is 5.32. The van der Waals surface area contributed by atoms with E-state index in [9.17, 15) is 0 Å². The van der Waals surface area contributed by atoms with Crippen molar-refractivity contribution < 1.29 is 4.74 Å². The molecule has 0 saturated heterocycles. The highest BCUT2D eigenvalue weighted by molar-refractivity contribution is 9.10. The monoisotopic (exact) mass is 294 g/mol. The number of nitrogen functional groups attached to an aromatic ring is 1. The van der Waals surface area contributed by atoms with Crippen molar-refractivity contribution in [2.75, 3.05) is 12.3 Å². The van der Waals surface area contributed by atoms with Crippen LogP contribution in [-0.4, -0.2) is 11.6 Å². The van der Waals surface area contributed by atoms with Crippen LogP contribution in [0.2, 0.25) is 0 Å². The molecule has 0 bridgehead atoms. The first-order valence-corrected chi connectivity index (χ1v) is 6.33. The number of halogens is 1. The Kier molecular flexibility index (Phi) is 3.52. The van der Waals surface area contributed by atoms with Crippen LogP contribution in [0.3, 0.4) is 0 Å². The van der Waals surface area contributed by atoms with Gasteiger partial charge in [-0.25, -0.2) is 0 Å². The summed E-state index contributed by atoms with van der Waals surface area (Å²) in [6, 6.07) is 5.69. The molecule has 0 aliphatic heterocycles. The zero-order chi connectivity index (χ0) is 12.4. The molecule has 0 unspecified atom stereocenters. The fourth-order valence-corrected chi connectivity index (χ4v) is 1.89. The van der Waals surface area contributed by atoms with Crippen molar-refractivity contribution >= 4 is 32.5 Å². The van der Waals surface area contributed by atoms with Gasteiger partial charge in [0.15, 0.2) is 0 Å². The third kappa shape index (κ3) is 2.69. The number of hydrogen-bond acceptors (Lipinski definition) is 3. The Bertz CT molecular complexity index is 540. The summed E-state index contributed by atoms with van der Waals surface area (Å²) in [7, 11) is 0. The highest BCUT2D eigenvalue weighted by atomic mass is 79.9. The van der Waals surface area contributed by atoms with Crippen LogP contribution in [0, 0.1) is 5.92 Å². The SMILES string of the molecule is CC(C)COc1ccc(N)c2cc(Br)cnc12. The highest BCUT2D eigenvalue weighted by Gasteiger charge is 2.08. The van der Waals surface area contributed by atoms with E-state index in [0.717, 1.165) is 21.1 Å². The summed E-state index contributed by atoms with van der Waals surface area (Å²) in [6.07, 6.45) is 1.75. The summed E-state index contributed by atoms with van der Waals surface area (Å²) < 4.78 is 6.66. The molecule has 1 aromatic carbocycles. The minimum Gasteiger partial charge on any atom is -0.491 e. The van der Waals surface area contributed by atoms with Crippen molar-refractivity contribution in [2.45, 2.75) is 13.8 Å². The molecule has 90 valence electrons. The lowest BCUT2D eigenvalue weighted by molar-refractivity contribution is 0.273. The van der Waals surface area contributed by atoms with Gasteiger partial charge in [0.05, 0.1) is 6.61 Å². The quantitative estimate of drug-likeness (QED) is 0.880. The minimum absolute atomic E-state index is 0.484. The van der Waals surface area contributed by atoms with Crippen molar-refractivity contribution in [1.82, 2.24) is 4.98 Å². The number of benzene rings is 1. The first-order valence-electron chi connectivity index (χ1n) is 5.54. The summed E-state index contributed by atoms with van der Waals surface area (Å²) in [5.41, 5.74) is 7.46. The van der Waals surface area contributed by atoms with Crippen LogP contribution in [0.15, 0.2) is 28.9 Å². The number of ether oxygens (including phenoxy) is 1. The normalized spacial score (nSPS) is 11.1. The van der Waals surface area contributed by atoms with Crippen molar-refractivity contribution in [2.24, 2.45) is 5.92 Å². The maximum Gasteiger partial charge on any atom is 0.145 e. The fraction of sp³-hybridized carbons (Fsp3) is 0.308. The number of nitrogens with zero attached hydrogens (tertiary/aromatic N) is 1. The fourth-order valence-electron chi connectivity index (χ4n) is 1.56. The first kappa shape index (κ1) is 12.2. The molecule has 0 radical (unpaired) electrons. The van der Waals surface area contributed by atoms with Gasteiger partial charge in [-0.15, -0.1) is 0 Å². The standard InChI is InChI=1S/C13H15BrN2O/c1-8(2)7-17-12-4-3-11(15)10-5-9(14)6-16-13(10)12/h3-6,8H,7,15H2,1-2H3. The molecule has 0 atom stereocenters. The van der Waals surface area contributed by atoms with Crippen molar-refractivity contribution in [1.29, 1.82) is 0 Å². The Morgan fingerprint density at radius 2 is 2.18 bits per heavy atom. The zero-order valence-electron chi connectivity index (χ0n) is 9.90. The van der Waals surface area contributed by atoms with Crippen molar-refractivity contribution in [3.63, 3.8) is 0 Å². The first-order chi connectivity index (χ1) is 8.08. The van der Waals surface area contributed by atoms with Crippen LogP contribution >= 0.6 is 15.9 Å². The molecule has 17 heavy (non-hydrogen) atoms. The van der Waals surface area contributed by atoms with Gasteiger partial charge in [-0.1, -0.05) is 13.8 Å². The average Bonchev–Trinajstić information content (AvgIpc) is 2.28. The molecular formula is C13H15BrN2O. The molecule has 0 fully saturated rings. The lowest BCUT2D eigenvalue weighted by Gasteiger charge is -2.11. The second-order valence-electron chi connectivity index (χ2n) is 4.41. The Morgan fingerprint density at radius 1 is 1.41 bits per heavy atom. The van der Waals surface area contributed by atoms with Gasteiger partial charge in [0.25, 0.3) is 0 Å². The topological polar surface area (TPSA) is 48.1 Å². The van der Waals surface area contributed by atoms with Crippen molar-refractivity contribution in [3.8, 4) is 5.75 Å². The molecule has 0 amide bonds. The van der Waals surface area contributed by atoms with E-state index in [1.165, 1.54) is 0 Å². The van der Waals surface area contributed by atoms with Gasteiger partial charge in [0.2, 0.25) is 0 Å². The zero-order valence-corrected chi connectivity index (χ0v) is 11.5. The van der Waals surface area contributed by atoms with E-state index in [1.807, 2.05) is 18.2 Å². The highest BCUT2D eigenvalue weighted by Crippen LogP contribution is 2.30. The van der Waals surface area contributed by atoms with E-state index < -0.39 is 0 Å². The summed E-state index contributed by atoms with van der Waals surface area (Å²) >= 11 is 3.39. The van der Waals surface area contributed by atoms with Gasteiger partial charge in [0.1, 0.15) is 11.3 Å². The molecule has 0 aliphatic carbocycles. The van der Waals surface area contributed by atoms with E-state index in [1.54, 1.807) is 6.20 Å². The van der Waals surface area contributed by atoms with Gasteiger partial charge in [0, 0.05) is 21.7 Å². The predicted molar refractivity (Wildman–Crippen MR) is 74.2 cm³/mol. The summed E-state index contributed by atoms with van der Waals surface area (Å²) in [5, 5.41) is 0.917. The van der Waals surface area contributed by atoms with Crippen LogP contribution in [-0.2, 0) is 0 Å². The van der Waals surface area contributed by atoms with Crippen LogP contribution in [0.25, 0.3) is 10.9 Å². The Hall–Kier alpha value is -1.29. The third-order valence-electron chi connectivity index (χ3n) is 2.39. The van der Waals surface area contributed by atoms with E-state index in [4.69, 9.17) is 10.5 Å². The van der Waals surface area contributed by atoms with Gasteiger partial charge in [-0.05, 0) is 40.0 Å². The Morgan fingerprint density at radius 3 is 2.88 bits per heavy atom. The Balaban J connectivity index is 2.47.